The van der Waals surface area contributed by atoms with Crippen LogP contribution in [0.1, 0.15) is 31.1 Å². The molecule has 0 bridgehead atoms. The number of hydrogen-bond acceptors (Lipinski definition) is 6. The summed E-state index contributed by atoms with van der Waals surface area (Å²) in [4.78, 5) is 24.1. The average Bonchev–Trinajstić information content (AvgIpc) is 3.23. The fourth-order valence-corrected chi connectivity index (χ4v) is 4.88. The fourth-order valence-electron chi connectivity index (χ4n) is 2.63. The molecule has 2 aromatic rings. The number of carbonyl (C=O) groups excluding carboxylic acids is 2. The van der Waals surface area contributed by atoms with Crippen LogP contribution in [0.25, 0.3) is 0 Å². The van der Waals surface area contributed by atoms with E-state index in [1.807, 2.05) is 0 Å². The van der Waals surface area contributed by atoms with Crippen LogP contribution in [0.2, 0.25) is 0 Å². The number of rotatable bonds is 10. The van der Waals surface area contributed by atoms with Crippen LogP contribution in [0, 0.1) is 0 Å². The Morgan fingerprint density at radius 3 is 2.45 bits per heavy atom. The topological polar surface area (TPSA) is 105 Å². The van der Waals surface area contributed by atoms with Crippen LogP contribution in [0.3, 0.4) is 0 Å². The van der Waals surface area contributed by atoms with E-state index in [4.69, 9.17) is 4.74 Å². The van der Waals surface area contributed by atoms with E-state index >= 15 is 0 Å². The fraction of sp³-hybridized carbons (Fsp3) is 0.368. The van der Waals surface area contributed by atoms with Crippen LogP contribution >= 0.6 is 11.3 Å². The summed E-state index contributed by atoms with van der Waals surface area (Å²) >= 11 is 1.39. The molecule has 10 heteroatoms. The second-order valence-electron chi connectivity index (χ2n) is 5.93. The van der Waals surface area contributed by atoms with Gasteiger partial charge in [-0.15, -0.1) is 0 Å². The number of sulfonamides is 1. The van der Waals surface area contributed by atoms with Gasteiger partial charge in [0.05, 0.1) is 13.2 Å². The zero-order valence-corrected chi connectivity index (χ0v) is 18.2. The predicted molar refractivity (Wildman–Crippen MR) is 113 cm³/mol. The van der Waals surface area contributed by atoms with Crippen LogP contribution < -0.4 is 15.4 Å². The number of hydrogen-bond donors (Lipinski definition) is 2. The quantitative estimate of drug-likeness (QED) is 0.592. The van der Waals surface area contributed by atoms with E-state index < -0.39 is 15.9 Å². The van der Waals surface area contributed by atoms with Crippen molar-refractivity contribution < 1.29 is 22.7 Å². The maximum Gasteiger partial charge on any atom is 0.252 e. The van der Waals surface area contributed by atoms with Crippen LogP contribution in [0.5, 0.6) is 5.75 Å². The molecule has 158 valence electrons. The second kappa shape index (κ2) is 10.4. The molecule has 0 spiro atoms. The third kappa shape index (κ3) is 5.78. The summed E-state index contributed by atoms with van der Waals surface area (Å²) in [5, 5.41) is 8.59. The van der Waals surface area contributed by atoms with Crippen LogP contribution in [0.15, 0.2) is 39.9 Å². The Hall–Kier alpha value is -2.43. The maximum absolute atomic E-state index is 13.0. The lowest BCUT2D eigenvalue weighted by Gasteiger charge is -2.21. The molecular weight excluding hydrogens is 414 g/mol. The minimum Gasteiger partial charge on any atom is -0.492 e. The standard InChI is InChI=1S/C19H25N3O5S2/c1-4-22(5-2)29(25,26)17-11-15(7-8-16(17)27-6-3)21-18(23)12-20-19(24)14-9-10-28-13-14/h7-11,13H,4-6,12H2,1-3H3,(H,20,24)(H,21,23). The summed E-state index contributed by atoms with van der Waals surface area (Å²) in [7, 11) is -3.78. The van der Waals surface area contributed by atoms with Gasteiger partial charge in [0.15, 0.2) is 0 Å². The molecule has 0 saturated heterocycles. The predicted octanol–water partition coefficient (Wildman–Crippen LogP) is 2.55. The van der Waals surface area contributed by atoms with Gasteiger partial charge >= 0.3 is 0 Å². The highest BCUT2D eigenvalue weighted by Gasteiger charge is 2.26. The number of amides is 2. The van der Waals surface area contributed by atoms with Gasteiger partial charge in [0.1, 0.15) is 10.6 Å². The Morgan fingerprint density at radius 1 is 1.14 bits per heavy atom. The molecule has 0 unspecified atom stereocenters. The molecule has 0 saturated carbocycles. The number of carbonyl (C=O) groups is 2. The third-order valence-corrected chi connectivity index (χ3v) is 6.80. The summed E-state index contributed by atoms with van der Waals surface area (Å²) in [6.07, 6.45) is 0. The van der Waals surface area contributed by atoms with Crippen molar-refractivity contribution in [1.29, 1.82) is 0 Å². The molecule has 1 heterocycles. The van der Waals surface area contributed by atoms with Gasteiger partial charge < -0.3 is 15.4 Å². The third-order valence-electron chi connectivity index (χ3n) is 4.04. The average molecular weight is 440 g/mol. The molecular formula is C19H25N3O5S2. The van der Waals surface area contributed by atoms with Crippen molar-refractivity contribution in [1.82, 2.24) is 9.62 Å². The van der Waals surface area contributed by atoms with Gasteiger partial charge in [0.2, 0.25) is 15.9 Å². The number of anilines is 1. The van der Waals surface area contributed by atoms with E-state index in [-0.39, 0.29) is 23.1 Å². The zero-order chi connectivity index (χ0) is 21.4. The van der Waals surface area contributed by atoms with Gasteiger partial charge in [-0.3, -0.25) is 9.59 Å². The number of nitrogens with zero attached hydrogens (tertiary/aromatic N) is 1. The normalized spacial score (nSPS) is 11.3. The molecule has 0 radical (unpaired) electrons. The van der Waals surface area contributed by atoms with Crippen molar-refractivity contribution in [2.75, 3.05) is 31.6 Å². The summed E-state index contributed by atoms with van der Waals surface area (Å²) in [6.45, 7) is 5.97. The molecule has 8 nitrogen and oxygen atoms in total. The molecule has 0 aliphatic rings. The van der Waals surface area contributed by atoms with Gasteiger partial charge in [-0.2, -0.15) is 15.6 Å². The Balaban J connectivity index is 2.17. The Morgan fingerprint density at radius 2 is 1.86 bits per heavy atom. The largest absolute Gasteiger partial charge is 0.492 e. The summed E-state index contributed by atoms with van der Waals surface area (Å²) in [6, 6.07) is 6.11. The molecule has 1 aromatic heterocycles. The van der Waals surface area contributed by atoms with Gasteiger partial charge in [-0.05, 0) is 36.6 Å². The van der Waals surface area contributed by atoms with Crippen LogP contribution in [-0.2, 0) is 14.8 Å². The minimum atomic E-state index is -3.78. The van der Waals surface area contributed by atoms with Gasteiger partial charge in [0, 0.05) is 29.7 Å². The molecule has 0 atom stereocenters. The number of benzene rings is 1. The molecule has 2 rings (SSSR count). The first-order valence-electron chi connectivity index (χ1n) is 9.20. The van der Waals surface area contributed by atoms with Crippen molar-refractivity contribution in [2.24, 2.45) is 0 Å². The number of ether oxygens (including phenoxy) is 1. The van der Waals surface area contributed by atoms with E-state index in [9.17, 15) is 18.0 Å². The monoisotopic (exact) mass is 439 g/mol. The summed E-state index contributed by atoms with van der Waals surface area (Å²) < 4.78 is 32.7. The van der Waals surface area contributed by atoms with E-state index in [0.29, 0.717) is 30.9 Å². The van der Waals surface area contributed by atoms with E-state index in [1.54, 1.807) is 43.7 Å². The summed E-state index contributed by atoms with van der Waals surface area (Å²) in [5.74, 6) is -0.593. The molecule has 0 aliphatic carbocycles. The molecule has 0 aliphatic heterocycles. The Bertz CT molecular complexity index is 939. The highest BCUT2D eigenvalue weighted by molar-refractivity contribution is 7.89. The first kappa shape index (κ1) is 22.9. The Labute approximate surface area is 174 Å². The molecule has 2 amide bonds. The van der Waals surface area contributed by atoms with Crippen molar-refractivity contribution in [2.45, 2.75) is 25.7 Å². The van der Waals surface area contributed by atoms with Crippen LogP contribution in [-0.4, -0.2) is 50.8 Å². The van der Waals surface area contributed by atoms with E-state index in [1.165, 1.54) is 27.8 Å². The molecule has 29 heavy (non-hydrogen) atoms. The van der Waals surface area contributed by atoms with Crippen molar-refractivity contribution >= 4 is 38.9 Å². The van der Waals surface area contributed by atoms with Gasteiger partial charge in [-0.25, -0.2) is 8.42 Å². The van der Waals surface area contributed by atoms with Crippen molar-refractivity contribution in [3.8, 4) is 5.75 Å². The Kier molecular flexibility index (Phi) is 8.18. The lowest BCUT2D eigenvalue weighted by molar-refractivity contribution is -0.115. The number of thiophene rings is 1. The highest BCUT2D eigenvalue weighted by atomic mass is 32.2. The lowest BCUT2D eigenvalue weighted by Crippen LogP contribution is -2.33. The lowest BCUT2D eigenvalue weighted by atomic mass is 10.3. The first-order chi connectivity index (χ1) is 13.8. The van der Waals surface area contributed by atoms with Crippen molar-refractivity contribution in [3.63, 3.8) is 0 Å². The SMILES string of the molecule is CCOc1ccc(NC(=O)CNC(=O)c2ccsc2)cc1S(=O)(=O)N(CC)CC. The molecule has 2 N–H and O–H groups in total. The molecule has 1 aromatic carbocycles. The van der Waals surface area contributed by atoms with Crippen molar-refractivity contribution in [3.05, 3.63) is 40.6 Å². The first-order valence-corrected chi connectivity index (χ1v) is 11.6. The van der Waals surface area contributed by atoms with E-state index in [0.717, 1.165) is 0 Å². The van der Waals surface area contributed by atoms with E-state index in [2.05, 4.69) is 10.6 Å². The minimum absolute atomic E-state index is 0.0110. The zero-order valence-electron chi connectivity index (χ0n) is 16.6. The maximum atomic E-state index is 13.0. The van der Waals surface area contributed by atoms with Crippen LogP contribution in [0.4, 0.5) is 5.69 Å². The van der Waals surface area contributed by atoms with Gasteiger partial charge in [0.25, 0.3) is 5.91 Å². The summed E-state index contributed by atoms with van der Waals surface area (Å²) in [5.41, 5.74) is 0.783. The second-order valence-corrected chi connectivity index (χ2v) is 8.61. The smallest absolute Gasteiger partial charge is 0.252 e. The van der Waals surface area contributed by atoms with Gasteiger partial charge in [-0.1, -0.05) is 13.8 Å². The highest BCUT2D eigenvalue weighted by Crippen LogP contribution is 2.30. The number of nitrogens with one attached hydrogen (secondary N) is 2. The molecule has 0 fully saturated rings.